The fraction of sp³-hybridized carbons (Fsp3) is 0.917. The molecule has 198 valence electrons. The van der Waals surface area contributed by atoms with Crippen molar-refractivity contribution in [2.45, 2.75) is 81.2 Å². The molecule has 2 saturated carbocycles. The van der Waals surface area contributed by atoms with Crippen LogP contribution in [0.25, 0.3) is 0 Å². The van der Waals surface area contributed by atoms with Crippen molar-refractivity contribution in [3.05, 3.63) is 0 Å². The van der Waals surface area contributed by atoms with Crippen LogP contribution in [-0.2, 0) is 14.8 Å². The predicted octanol–water partition coefficient (Wildman–Crippen LogP) is 0.810. The van der Waals surface area contributed by atoms with Gasteiger partial charge >= 0.3 is 6.03 Å². The van der Waals surface area contributed by atoms with E-state index in [-0.39, 0.29) is 35.5 Å². The molecule has 3 amide bonds. The number of fused-ring (bicyclic) bond motifs is 1. The minimum atomic E-state index is -3.52. The van der Waals surface area contributed by atoms with Gasteiger partial charge < -0.3 is 9.80 Å². The maximum absolute atomic E-state index is 13.8. The van der Waals surface area contributed by atoms with Crippen LogP contribution in [0, 0.1) is 11.8 Å². The first-order valence-electron chi connectivity index (χ1n) is 13.4. The average Bonchev–Trinajstić information content (AvgIpc) is 3.38. The lowest BCUT2D eigenvalue weighted by Crippen LogP contribution is -2.66. The summed E-state index contributed by atoms with van der Waals surface area (Å²) in [6.07, 6.45) is 6.42. The molecule has 2 N–H and O–H groups in total. The van der Waals surface area contributed by atoms with Gasteiger partial charge in [0.05, 0.1) is 11.2 Å². The maximum atomic E-state index is 13.8. The molecule has 3 heterocycles. The molecule has 0 aromatic rings. The Hall–Kier alpha value is -1.27. The molecule has 0 aromatic carbocycles. The Morgan fingerprint density at radius 2 is 1.86 bits per heavy atom. The quantitative estimate of drug-likeness (QED) is 0.522. The summed E-state index contributed by atoms with van der Waals surface area (Å²) in [6, 6.07) is -0.121. The van der Waals surface area contributed by atoms with Crippen LogP contribution in [0.2, 0.25) is 0 Å². The monoisotopic (exact) mass is 510 g/mol. The van der Waals surface area contributed by atoms with Crippen molar-refractivity contribution in [1.29, 1.82) is 0 Å². The van der Waals surface area contributed by atoms with Crippen LogP contribution in [0.1, 0.15) is 58.3 Å². The number of carbonyl (C=O) groups excluding carboxylic acids is 2. The number of nitrogens with one attached hydrogen (secondary N) is 2. The smallest absolute Gasteiger partial charge is 0.319 e. The highest BCUT2D eigenvalue weighted by Gasteiger charge is 2.52. The lowest BCUT2D eigenvalue weighted by atomic mass is 9.80. The van der Waals surface area contributed by atoms with Gasteiger partial charge in [0.15, 0.2) is 0 Å². The fourth-order valence-corrected chi connectivity index (χ4v) is 8.47. The number of urea groups is 1. The molecule has 35 heavy (non-hydrogen) atoms. The zero-order valence-electron chi connectivity index (χ0n) is 21.4. The number of nitrogens with zero attached hydrogens (tertiary/aromatic N) is 4. The molecule has 11 heteroatoms. The summed E-state index contributed by atoms with van der Waals surface area (Å²) in [5, 5.41) is 1.41. The molecular formula is C24H42N6O4S. The number of imide groups is 1. The van der Waals surface area contributed by atoms with Gasteiger partial charge in [0, 0.05) is 56.8 Å². The number of hydrazine groups is 1. The van der Waals surface area contributed by atoms with Crippen molar-refractivity contribution in [2.75, 3.05) is 46.8 Å². The van der Waals surface area contributed by atoms with Crippen LogP contribution in [0.5, 0.6) is 0 Å². The van der Waals surface area contributed by atoms with Gasteiger partial charge in [-0.05, 0) is 65.5 Å². The van der Waals surface area contributed by atoms with Gasteiger partial charge in [-0.1, -0.05) is 6.42 Å². The molecule has 5 rings (SSSR count). The third kappa shape index (κ3) is 5.25. The number of hydrogen-bond donors (Lipinski definition) is 2. The number of likely N-dealkylation sites (N-methyl/N-ethyl adjacent to an activating group) is 1. The standard InChI is InChI=1S/C24H42N6O4S/c1-24(9-10-24)26-35(33,34)19-7-8-21-20(12-19)22(31)30(15-17-13-25-28(3)14-17)23(32)29(21)16-18-6-4-5-11-27(18)2/h17-21,25-26H,4-16H2,1-3H3. The number of carbonyl (C=O) groups is 2. The molecule has 5 unspecified atom stereocenters. The molecule has 5 atom stereocenters. The minimum Gasteiger partial charge on any atom is -0.319 e. The van der Waals surface area contributed by atoms with E-state index >= 15 is 0 Å². The van der Waals surface area contributed by atoms with Crippen molar-refractivity contribution in [3.8, 4) is 0 Å². The molecule has 10 nitrogen and oxygen atoms in total. The van der Waals surface area contributed by atoms with Crippen molar-refractivity contribution in [2.24, 2.45) is 11.8 Å². The molecule has 0 bridgehead atoms. The van der Waals surface area contributed by atoms with Crippen LogP contribution in [-0.4, -0.2) is 110 Å². The average molecular weight is 511 g/mol. The minimum absolute atomic E-state index is 0.170. The van der Waals surface area contributed by atoms with E-state index in [2.05, 4.69) is 22.1 Å². The topological polar surface area (TPSA) is 105 Å². The number of rotatable bonds is 7. The number of hydrogen-bond acceptors (Lipinski definition) is 7. The van der Waals surface area contributed by atoms with Gasteiger partial charge in [-0.3, -0.25) is 15.1 Å². The zero-order chi connectivity index (χ0) is 25.0. The van der Waals surface area contributed by atoms with E-state index in [1.165, 1.54) is 11.3 Å². The van der Waals surface area contributed by atoms with Crippen LogP contribution in [0.15, 0.2) is 0 Å². The van der Waals surface area contributed by atoms with Gasteiger partial charge in [-0.25, -0.2) is 22.9 Å². The summed E-state index contributed by atoms with van der Waals surface area (Å²) >= 11 is 0. The molecule has 0 spiro atoms. The lowest BCUT2D eigenvalue weighted by Gasteiger charge is -2.50. The summed E-state index contributed by atoms with van der Waals surface area (Å²) < 4.78 is 29.3. The Balaban J connectivity index is 1.37. The zero-order valence-corrected chi connectivity index (χ0v) is 22.2. The fourth-order valence-electron chi connectivity index (χ4n) is 6.51. The molecule has 5 fully saturated rings. The number of likely N-dealkylation sites (tertiary alicyclic amines) is 1. The first kappa shape index (κ1) is 25.4. The summed E-state index contributed by atoms with van der Waals surface area (Å²) in [7, 11) is 0.565. The second kappa shape index (κ2) is 9.55. The predicted molar refractivity (Wildman–Crippen MR) is 133 cm³/mol. The van der Waals surface area contributed by atoms with E-state index in [0.717, 1.165) is 45.3 Å². The molecule has 2 aliphatic carbocycles. The Labute approximate surface area is 209 Å². The summed E-state index contributed by atoms with van der Waals surface area (Å²) in [5.74, 6) is -0.473. The number of sulfonamides is 1. The lowest BCUT2D eigenvalue weighted by molar-refractivity contribution is -0.141. The van der Waals surface area contributed by atoms with Crippen LogP contribution in [0.3, 0.4) is 0 Å². The summed E-state index contributed by atoms with van der Waals surface area (Å²) in [4.78, 5) is 33.2. The molecule has 0 radical (unpaired) electrons. The second-order valence-electron chi connectivity index (χ2n) is 11.9. The molecule has 3 aliphatic heterocycles. The molecule has 0 aromatic heterocycles. The third-order valence-corrected chi connectivity index (χ3v) is 11.1. The highest BCUT2D eigenvalue weighted by molar-refractivity contribution is 7.90. The van der Waals surface area contributed by atoms with E-state index in [1.807, 2.05) is 23.9 Å². The van der Waals surface area contributed by atoms with Crippen molar-refractivity contribution < 1.29 is 18.0 Å². The van der Waals surface area contributed by atoms with E-state index < -0.39 is 21.2 Å². The van der Waals surface area contributed by atoms with Crippen molar-refractivity contribution in [1.82, 2.24) is 29.9 Å². The summed E-state index contributed by atoms with van der Waals surface area (Å²) in [5.41, 5.74) is 2.93. The van der Waals surface area contributed by atoms with E-state index in [0.29, 0.717) is 32.4 Å². The normalized spacial score (nSPS) is 36.5. The van der Waals surface area contributed by atoms with Crippen LogP contribution < -0.4 is 10.1 Å². The number of amides is 3. The van der Waals surface area contributed by atoms with E-state index in [1.54, 1.807) is 0 Å². The third-order valence-electron chi connectivity index (χ3n) is 9.01. The van der Waals surface area contributed by atoms with Gasteiger partial charge in [-0.2, -0.15) is 0 Å². The highest BCUT2D eigenvalue weighted by Crippen LogP contribution is 2.40. The van der Waals surface area contributed by atoms with Gasteiger partial charge in [-0.15, -0.1) is 0 Å². The Morgan fingerprint density at radius 1 is 1.09 bits per heavy atom. The largest absolute Gasteiger partial charge is 0.327 e. The maximum Gasteiger partial charge on any atom is 0.327 e. The highest BCUT2D eigenvalue weighted by atomic mass is 32.2. The van der Waals surface area contributed by atoms with Crippen molar-refractivity contribution in [3.63, 3.8) is 0 Å². The van der Waals surface area contributed by atoms with E-state index in [4.69, 9.17) is 0 Å². The van der Waals surface area contributed by atoms with Gasteiger partial charge in [0.25, 0.3) is 0 Å². The SMILES string of the molecule is CN1CC(CN2C(=O)C3CC(S(=O)(=O)NC4(C)CC4)CCC3N(CC3CCCCN3C)C2=O)CN1. The second-order valence-corrected chi connectivity index (χ2v) is 13.9. The van der Waals surface area contributed by atoms with E-state index in [9.17, 15) is 18.0 Å². The van der Waals surface area contributed by atoms with Crippen LogP contribution in [0.4, 0.5) is 4.79 Å². The molecule has 5 aliphatic rings. The Morgan fingerprint density at radius 3 is 2.51 bits per heavy atom. The Bertz CT molecular complexity index is 940. The van der Waals surface area contributed by atoms with Gasteiger partial charge in [0.1, 0.15) is 0 Å². The van der Waals surface area contributed by atoms with Gasteiger partial charge in [0.2, 0.25) is 15.9 Å². The van der Waals surface area contributed by atoms with Crippen molar-refractivity contribution >= 4 is 22.0 Å². The molecular weight excluding hydrogens is 468 g/mol. The van der Waals surface area contributed by atoms with Crippen LogP contribution >= 0.6 is 0 Å². The first-order valence-corrected chi connectivity index (χ1v) is 14.9. The molecule has 3 saturated heterocycles. The summed E-state index contributed by atoms with van der Waals surface area (Å²) in [6.45, 7) is 5.45. The number of piperidine rings is 1. The first-order chi connectivity index (χ1) is 16.6. The Kier molecular flexibility index (Phi) is 6.93.